The molecule has 0 N–H and O–H groups in total. The van der Waals surface area contributed by atoms with Crippen molar-refractivity contribution in [2.75, 3.05) is 7.11 Å². The van der Waals surface area contributed by atoms with E-state index in [9.17, 15) is 4.79 Å². The largest absolute Gasteiger partial charge is 0.493 e. The van der Waals surface area contributed by atoms with E-state index in [1.165, 1.54) is 4.68 Å². The van der Waals surface area contributed by atoms with Crippen LogP contribution in [0.4, 0.5) is 0 Å². The Morgan fingerprint density at radius 3 is 2.72 bits per heavy atom. The predicted octanol–water partition coefficient (Wildman–Crippen LogP) is 5.05. The number of rotatable bonds is 6. The van der Waals surface area contributed by atoms with Gasteiger partial charge >= 0.3 is 0 Å². The van der Waals surface area contributed by atoms with Crippen molar-refractivity contribution < 1.29 is 9.47 Å². The molecule has 1 heterocycles. The van der Waals surface area contributed by atoms with Crippen LogP contribution in [0.3, 0.4) is 0 Å². The average Bonchev–Trinajstić information content (AvgIpc) is 2.68. The molecule has 152 valence electrons. The molecule has 0 bridgehead atoms. The number of benzene rings is 2. The maximum absolute atomic E-state index is 13.0. The Kier molecular flexibility index (Phi) is 6.59. The quantitative estimate of drug-likeness (QED) is 0.465. The Labute approximate surface area is 182 Å². The number of ether oxygens (including phenoxy) is 2. The molecule has 0 aliphatic heterocycles. The third-order valence-electron chi connectivity index (χ3n) is 4.12. The molecule has 1 aromatic heterocycles. The summed E-state index contributed by atoms with van der Waals surface area (Å²) >= 11 is 9.77. The number of nitrogens with zero attached hydrogens (tertiary/aromatic N) is 3. The third kappa shape index (κ3) is 4.62. The number of hydrogen-bond acceptors (Lipinski definition) is 5. The Bertz CT molecular complexity index is 1140. The van der Waals surface area contributed by atoms with Gasteiger partial charge in [-0.2, -0.15) is 9.78 Å². The average molecular weight is 479 g/mol. The third-order valence-corrected chi connectivity index (χ3v) is 4.89. The molecule has 0 aliphatic rings. The molecule has 0 unspecified atom stereocenters. The fraction of sp³-hybridized carbons (Fsp3) is 0.286. The Balaban J connectivity index is 2.08. The number of fused-ring (bicyclic) bond motifs is 1. The van der Waals surface area contributed by atoms with Gasteiger partial charge in [-0.05, 0) is 49.7 Å². The molecule has 0 saturated carbocycles. The zero-order chi connectivity index (χ0) is 21.1. The van der Waals surface area contributed by atoms with E-state index in [-0.39, 0.29) is 11.7 Å². The molecule has 0 atom stereocenters. The highest BCUT2D eigenvalue weighted by Gasteiger charge is 2.14. The van der Waals surface area contributed by atoms with Gasteiger partial charge in [0, 0.05) is 10.9 Å². The van der Waals surface area contributed by atoms with Crippen LogP contribution in [-0.4, -0.2) is 29.1 Å². The van der Waals surface area contributed by atoms with Gasteiger partial charge in [0.1, 0.15) is 5.82 Å². The lowest BCUT2D eigenvalue weighted by Gasteiger charge is -2.15. The summed E-state index contributed by atoms with van der Waals surface area (Å²) < 4.78 is 13.3. The first kappa shape index (κ1) is 21.3. The number of aryl methyl sites for hydroxylation is 1. The highest BCUT2D eigenvalue weighted by Crippen LogP contribution is 2.36. The van der Waals surface area contributed by atoms with Crippen molar-refractivity contribution in [3.63, 3.8) is 0 Å². The van der Waals surface area contributed by atoms with Gasteiger partial charge in [-0.25, -0.2) is 4.98 Å². The van der Waals surface area contributed by atoms with Gasteiger partial charge in [-0.15, -0.1) is 0 Å². The minimum absolute atomic E-state index is 0.0467. The van der Waals surface area contributed by atoms with Crippen molar-refractivity contribution in [2.45, 2.75) is 33.3 Å². The van der Waals surface area contributed by atoms with Gasteiger partial charge in [-0.3, -0.25) is 4.79 Å². The normalized spacial score (nSPS) is 11.6. The summed E-state index contributed by atoms with van der Waals surface area (Å²) in [5, 5.41) is 5.28. The van der Waals surface area contributed by atoms with Crippen molar-refractivity contribution >= 4 is 44.6 Å². The van der Waals surface area contributed by atoms with Crippen molar-refractivity contribution in [3.05, 3.63) is 61.6 Å². The smallest absolute Gasteiger partial charge is 0.282 e. The molecule has 0 fully saturated rings. The first-order chi connectivity index (χ1) is 13.8. The summed E-state index contributed by atoms with van der Waals surface area (Å²) in [7, 11) is 1.55. The van der Waals surface area contributed by atoms with Gasteiger partial charge < -0.3 is 9.47 Å². The van der Waals surface area contributed by atoms with Gasteiger partial charge in [0.2, 0.25) is 0 Å². The van der Waals surface area contributed by atoms with Crippen LogP contribution in [0, 0.1) is 0 Å². The van der Waals surface area contributed by atoms with Crippen LogP contribution in [-0.2, 0) is 6.42 Å². The van der Waals surface area contributed by atoms with Crippen LogP contribution in [0.25, 0.3) is 10.9 Å². The molecular weight excluding hydrogens is 458 g/mol. The molecule has 6 nitrogen and oxygen atoms in total. The van der Waals surface area contributed by atoms with E-state index < -0.39 is 0 Å². The lowest BCUT2D eigenvalue weighted by atomic mass is 10.2. The Hall–Kier alpha value is -2.38. The maximum atomic E-state index is 13.0. The first-order valence-corrected chi connectivity index (χ1v) is 10.3. The summed E-state index contributed by atoms with van der Waals surface area (Å²) in [6, 6.07) is 8.89. The van der Waals surface area contributed by atoms with Crippen LogP contribution in [0.15, 0.2) is 44.7 Å². The van der Waals surface area contributed by atoms with E-state index >= 15 is 0 Å². The second-order valence-electron chi connectivity index (χ2n) is 6.61. The Morgan fingerprint density at radius 2 is 2.07 bits per heavy atom. The van der Waals surface area contributed by atoms with Crippen LogP contribution >= 0.6 is 27.5 Å². The van der Waals surface area contributed by atoms with Crippen LogP contribution in [0.5, 0.6) is 11.5 Å². The summed E-state index contributed by atoms with van der Waals surface area (Å²) in [5.74, 6) is 1.54. The zero-order valence-electron chi connectivity index (χ0n) is 16.6. The first-order valence-electron chi connectivity index (χ1n) is 9.13. The van der Waals surface area contributed by atoms with Crippen LogP contribution in [0.1, 0.15) is 32.2 Å². The standard InChI is InChI=1S/C21H21BrClN3O3/c1-5-19-25-17-7-6-14(22)10-15(17)21(27)26(19)24-11-13-8-16(23)20(29-12(2)3)18(9-13)28-4/h6-12H,5H2,1-4H3. The second-order valence-corrected chi connectivity index (χ2v) is 7.93. The number of methoxy groups -OCH3 is 1. The summed E-state index contributed by atoms with van der Waals surface area (Å²) in [4.78, 5) is 17.5. The van der Waals surface area contributed by atoms with E-state index in [4.69, 9.17) is 21.1 Å². The molecule has 0 aliphatic carbocycles. The van der Waals surface area contributed by atoms with Crippen molar-refractivity contribution in [1.82, 2.24) is 9.66 Å². The monoisotopic (exact) mass is 477 g/mol. The van der Waals surface area contributed by atoms with Gasteiger partial charge in [0.05, 0.1) is 35.4 Å². The van der Waals surface area contributed by atoms with E-state index in [2.05, 4.69) is 26.0 Å². The van der Waals surface area contributed by atoms with Gasteiger partial charge in [0.25, 0.3) is 5.56 Å². The highest BCUT2D eigenvalue weighted by atomic mass is 79.9. The zero-order valence-corrected chi connectivity index (χ0v) is 18.9. The maximum Gasteiger partial charge on any atom is 0.282 e. The molecule has 0 amide bonds. The molecule has 0 spiro atoms. The summed E-state index contributed by atoms with van der Waals surface area (Å²) in [6.07, 6.45) is 2.07. The molecule has 29 heavy (non-hydrogen) atoms. The van der Waals surface area contributed by atoms with Gasteiger partial charge in [-0.1, -0.05) is 34.5 Å². The second kappa shape index (κ2) is 8.97. The summed E-state index contributed by atoms with van der Waals surface area (Å²) in [5.41, 5.74) is 1.08. The minimum atomic E-state index is -0.234. The van der Waals surface area contributed by atoms with Crippen molar-refractivity contribution in [3.8, 4) is 11.5 Å². The molecule has 8 heteroatoms. The highest BCUT2D eigenvalue weighted by molar-refractivity contribution is 9.10. The van der Waals surface area contributed by atoms with E-state index in [0.717, 1.165) is 4.47 Å². The fourth-order valence-corrected chi connectivity index (χ4v) is 3.46. The van der Waals surface area contributed by atoms with Crippen LogP contribution in [0.2, 0.25) is 5.02 Å². The Morgan fingerprint density at radius 1 is 1.31 bits per heavy atom. The molecule has 3 aromatic rings. The van der Waals surface area contributed by atoms with Gasteiger partial charge in [0.15, 0.2) is 11.5 Å². The lowest BCUT2D eigenvalue weighted by molar-refractivity contribution is 0.230. The molecule has 3 rings (SSSR count). The lowest BCUT2D eigenvalue weighted by Crippen LogP contribution is -2.22. The number of aromatic nitrogens is 2. The number of halogens is 2. The topological polar surface area (TPSA) is 65.7 Å². The minimum Gasteiger partial charge on any atom is -0.493 e. The van der Waals surface area contributed by atoms with Crippen LogP contribution < -0.4 is 15.0 Å². The van der Waals surface area contributed by atoms with E-state index in [0.29, 0.717) is 45.2 Å². The van der Waals surface area contributed by atoms with Crippen molar-refractivity contribution in [2.24, 2.45) is 5.10 Å². The molecular formula is C21H21BrClN3O3. The molecule has 2 aromatic carbocycles. The summed E-state index contributed by atoms with van der Waals surface area (Å²) in [6.45, 7) is 5.75. The molecule has 0 saturated heterocycles. The van der Waals surface area contributed by atoms with Crippen molar-refractivity contribution in [1.29, 1.82) is 0 Å². The predicted molar refractivity (Wildman–Crippen MR) is 120 cm³/mol. The van der Waals surface area contributed by atoms with E-state index in [1.807, 2.05) is 32.9 Å². The number of hydrogen-bond donors (Lipinski definition) is 0. The fourth-order valence-electron chi connectivity index (χ4n) is 2.83. The molecule has 0 radical (unpaired) electrons. The SMILES string of the molecule is CCc1nc2ccc(Br)cc2c(=O)n1N=Cc1cc(Cl)c(OC(C)C)c(OC)c1. The van der Waals surface area contributed by atoms with E-state index in [1.54, 1.807) is 31.5 Å².